The van der Waals surface area contributed by atoms with Crippen LogP contribution in [0.4, 0.5) is 0 Å². The van der Waals surface area contributed by atoms with Crippen molar-refractivity contribution >= 4 is 5.91 Å². The third-order valence-corrected chi connectivity index (χ3v) is 3.77. The molecule has 1 aliphatic rings. The lowest BCUT2D eigenvalue weighted by Crippen LogP contribution is -2.25. The monoisotopic (exact) mass is 289 g/mol. The summed E-state index contributed by atoms with van der Waals surface area (Å²) in [5, 5.41) is 2.96. The molecule has 114 valence electrons. The number of carbonyl (C=O) groups is 1. The molecule has 0 saturated carbocycles. The van der Waals surface area contributed by atoms with Crippen LogP contribution in [-0.2, 0) is 0 Å². The van der Waals surface area contributed by atoms with Crippen molar-refractivity contribution in [2.45, 2.75) is 32.1 Å². The molecule has 0 unspecified atom stereocenters. The first-order chi connectivity index (χ1) is 10.2. The van der Waals surface area contributed by atoms with Crippen LogP contribution in [0.15, 0.2) is 29.8 Å². The molecule has 0 saturated heterocycles. The molecule has 4 heteroatoms. The lowest BCUT2D eigenvalue weighted by atomic mass is 9.97. The van der Waals surface area contributed by atoms with E-state index < -0.39 is 0 Å². The van der Waals surface area contributed by atoms with Gasteiger partial charge in [0.05, 0.1) is 19.8 Å². The van der Waals surface area contributed by atoms with Gasteiger partial charge in [0, 0.05) is 6.54 Å². The molecule has 1 aromatic rings. The summed E-state index contributed by atoms with van der Waals surface area (Å²) in [6.07, 6.45) is 8.13. The van der Waals surface area contributed by atoms with Crippen LogP contribution in [0.1, 0.15) is 42.5 Å². The fourth-order valence-electron chi connectivity index (χ4n) is 2.56. The van der Waals surface area contributed by atoms with Gasteiger partial charge in [0.15, 0.2) is 0 Å². The number of benzene rings is 1. The van der Waals surface area contributed by atoms with Gasteiger partial charge in [0.25, 0.3) is 5.91 Å². The molecule has 0 aliphatic heterocycles. The van der Waals surface area contributed by atoms with E-state index in [0.717, 1.165) is 6.42 Å². The molecule has 1 aromatic carbocycles. The summed E-state index contributed by atoms with van der Waals surface area (Å²) in [7, 11) is 3.14. The van der Waals surface area contributed by atoms with Crippen molar-refractivity contribution in [2.24, 2.45) is 0 Å². The Kier molecular flexibility index (Phi) is 5.67. The minimum absolute atomic E-state index is 0.123. The first-order valence-electron chi connectivity index (χ1n) is 7.42. The van der Waals surface area contributed by atoms with Gasteiger partial charge in [0.1, 0.15) is 11.5 Å². The van der Waals surface area contributed by atoms with E-state index in [1.165, 1.54) is 31.3 Å². The van der Waals surface area contributed by atoms with Gasteiger partial charge in [-0.15, -0.1) is 0 Å². The number of allylic oxidation sites excluding steroid dienone is 1. The highest BCUT2D eigenvalue weighted by Gasteiger charge is 2.13. The van der Waals surface area contributed by atoms with E-state index in [1.807, 2.05) is 0 Å². The molecule has 2 rings (SSSR count). The second-order valence-corrected chi connectivity index (χ2v) is 5.18. The Morgan fingerprint density at radius 2 is 2.10 bits per heavy atom. The molecule has 0 atom stereocenters. The van der Waals surface area contributed by atoms with Crippen molar-refractivity contribution < 1.29 is 14.3 Å². The maximum absolute atomic E-state index is 12.3. The number of ether oxygens (including phenoxy) is 2. The predicted octanol–water partition coefficient (Wildman–Crippen LogP) is 3.32. The molecule has 0 bridgehead atoms. The van der Waals surface area contributed by atoms with Crippen LogP contribution in [0, 0.1) is 0 Å². The van der Waals surface area contributed by atoms with Gasteiger partial charge in [-0.05, 0) is 50.3 Å². The van der Waals surface area contributed by atoms with Crippen LogP contribution in [-0.4, -0.2) is 26.7 Å². The highest BCUT2D eigenvalue weighted by Crippen LogP contribution is 2.24. The molecule has 0 spiro atoms. The van der Waals surface area contributed by atoms with Crippen molar-refractivity contribution in [1.82, 2.24) is 5.32 Å². The average Bonchev–Trinajstić information content (AvgIpc) is 2.55. The Bertz CT molecular complexity index is 523. The maximum Gasteiger partial charge on any atom is 0.255 e. The van der Waals surface area contributed by atoms with Crippen molar-refractivity contribution in [3.05, 3.63) is 35.4 Å². The van der Waals surface area contributed by atoms with E-state index in [-0.39, 0.29) is 5.91 Å². The number of methoxy groups -OCH3 is 2. The molecular weight excluding hydrogens is 266 g/mol. The first-order valence-corrected chi connectivity index (χ1v) is 7.42. The van der Waals surface area contributed by atoms with Crippen LogP contribution in [0.25, 0.3) is 0 Å². The molecule has 21 heavy (non-hydrogen) atoms. The van der Waals surface area contributed by atoms with E-state index in [4.69, 9.17) is 9.47 Å². The van der Waals surface area contributed by atoms with Crippen LogP contribution < -0.4 is 14.8 Å². The highest BCUT2D eigenvalue weighted by molar-refractivity contribution is 5.97. The molecule has 1 N–H and O–H groups in total. The fourth-order valence-corrected chi connectivity index (χ4v) is 2.56. The predicted molar refractivity (Wildman–Crippen MR) is 83.0 cm³/mol. The van der Waals surface area contributed by atoms with Gasteiger partial charge >= 0.3 is 0 Å². The molecule has 0 fully saturated rings. The second kappa shape index (κ2) is 7.72. The minimum Gasteiger partial charge on any atom is -0.497 e. The summed E-state index contributed by atoms with van der Waals surface area (Å²) in [4.78, 5) is 12.3. The summed E-state index contributed by atoms with van der Waals surface area (Å²) in [6, 6.07) is 5.23. The van der Waals surface area contributed by atoms with Crippen molar-refractivity contribution in [1.29, 1.82) is 0 Å². The van der Waals surface area contributed by atoms with Crippen LogP contribution in [0.2, 0.25) is 0 Å². The van der Waals surface area contributed by atoms with Gasteiger partial charge in [-0.1, -0.05) is 11.6 Å². The lowest BCUT2D eigenvalue weighted by Gasteiger charge is -2.14. The van der Waals surface area contributed by atoms with Crippen molar-refractivity contribution in [2.75, 3.05) is 20.8 Å². The Hall–Kier alpha value is -1.97. The number of rotatable bonds is 6. The standard InChI is InChI=1S/C17H23NO3/c1-20-14-8-9-16(21-2)15(12-14)17(19)18-11-10-13-6-4-3-5-7-13/h6,8-9,12H,3-5,7,10-11H2,1-2H3,(H,18,19). The molecule has 0 radical (unpaired) electrons. The molecule has 1 amide bonds. The molecule has 0 heterocycles. The van der Waals surface area contributed by atoms with Gasteiger partial charge in [-0.3, -0.25) is 4.79 Å². The molecule has 4 nitrogen and oxygen atoms in total. The number of amides is 1. The van der Waals surface area contributed by atoms with E-state index in [9.17, 15) is 4.79 Å². The van der Waals surface area contributed by atoms with Crippen molar-refractivity contribution in [3.8, 4) is 11.5 Å². The summed E-state index contributed by atoms with van der Waals surface area (Å²) >= 11 is 0. The fraction of sp³-hybridized carbons (Fsp3) is 0.471. The summed E-state index contributed by atoms with van der Waals surface area (Å²) in [5.74, 6) is 1.09. The van der Waals surface area contributed by atoms with Crippen LogP contribution in [0.5, 0.6) is 11.5 Å². The lowest BCUT2D eigenvalue weighted by molar-refractivity contribution is 0.0950. The third kappa shape index (κ3) is 4.25. The Labute approximate surface area is 126 Å². The highest BCUT2D eigenvalue weighted by atomic mass is 16.5. The Morgan fingerprint density at radius 1 is 1.24 bits per heavy atom. The second-order valence-electron chi connectivity index (χ2n) is 5.18. The normalized spacial score (nSPS) is 14.3. The van der Waals surface area contributed by atoms with Gasteiger partial charge in [0.2, 0.25) is 0 Å². The zero-order valence-corrected chi connectivity index (χ0v) is 12.8. The largest absolute Gasteiger partial charge is 0.497 e. The number of nitrogens with one attached hydrogen (secondary N) is 1. The minimum atomic E-state index is -0.123. The smallest absolute Gasteiger partial charge is 0.255 e. The Morgan fingerprint density at radius 3 is 2.76 bits per heavy atom. The number of hydrogen-bond donors (Lipinski definition) is 1. The number of carbonyl (C=O) groups excluding carboxylic acids is 1. The topological polar surface area (TPSA) is 47.6 Å². The quantitative estimate of drug-likeness (QED) is 0.817. The zero-order valence-electron chi connectivity index (χ0n) is 12.8. The van der Waals surface area contributed by atoms with Crippen LogP contribution >= 0.6 is 0 Å². The SMILES string of the molecule is COc1ccc(OC)c(C(=O)NCCC2=CCCCC2)c1. The average molecular weight is 289 g/mol. The van der Waals surface area contributed by atoms with E-state index in [1.54, 1.807) is 32.4 Å². The van der Waals surface area contributed by atoms with Gasteiger partial charge < -0.3 is 14.8 Å². The van der Waals surface area contributed by atoms with Gasteiger partial charge in [-0.25, -0.2) is 0 Å². The first kappa shape index (κ1) is 15.4. The number of hydrogen-bond acceptors (Lipinski definition) is 3. The summed E-state index contributed by atoms with van der Waals surface area (Å²) < 4.78 is 10.4. The van der Waals surface area contributed by atoms with E-state index in [0.29, 0.717) is 23.6 Å². The van der Waals surface area contributed by atoms with Crippen molar-refractivity contribution in [3.63, 3.8) is 0 Å². The van der Waals surface area contributed by atoms with Gasteiger partial charge in [-0.2, -0.15) is 0 Å². The maximum atomic E-state index is 12.3. The van der Waals surface area contributed by atoms with Crippen LogP contribution in [0.3, 0.4) is 0 Å². The molecular formula is C17H23NO3. The summed E-state index contributed by atoms with van der Waals surface area (Å²) in [6.45, 7) is 0.658. The van der Waals surface area contributed by atoms with E-state index >= 15 is 0 Å². The zero-order chi connectivity index (χ0) is 15.1. The summed E-state index contributed by atoms with van der Waals surface area (Å²) in [5.41, 5.74) is 1.97. The Balaban J connectivity index is 1.94. The third-order valence-electron chi connectivity index (χ3n) is 3.77. The molecule has 1 aliphatic carbocycles. The van der Waals surface area contributed by atoms with E-state index in [2.05, 4.69) is 11.4 Å². The molecule has 0 aromatic heterocycles.